The van der Waals surface area contributed by atoms with Crippen molar-refractivity contribution in [2.75, 3.05) is 6.61 Å². The third-order valence-corrected chi connectivity index (χ3v) is 2.85. The van der Waals surface area contributed by atoms with Crippen LogP contribution in [0.5, 0.6) is 0 Å². The number of unbranched alkanes of at least 4 members (excludes halogenated alkanes) is 1. The van der Waals surface area contributed by atoms with Crippen molar-refractivity contribution in [1.29, 1.82) is 0 Å². The van der Waals surface area contributed by atoms with Gasteiger partial charge in [0.25, 0.3) is 0 Å². The van der Waals surface area contributed by atoms with Crippen LogP contribution in [0.2, 0.25) is 0 Å². The van der Waals surface area contributed by atoms with Gasteiger partial charge in [-0.05, 0) is 12.3 Å². The van der Waals surface area contributed by atoms with E-state index < -0.39 is 0 Å². The summed E-state index contributed by atoms with van der Waals surface area (Å²) in [5.74, 6) is 5.96. The smallest absolute Gasteiger partial charge is 0.0679 e. The molecule has 0 atom stereocenters. The Kier molecular flexibility index (Phi) is 5.37. The van der Waals surface area contributed by atoms with E-state index in [1.807, 2.05) is 0 Å². The second-order valence-corrected chi connectivity index (χ2v) is 3.87. The fraction of sp³-hybridized carbons (Fsp3) is 1.00. The molecule has 2 heteroatoms. The van der Waals surface area contributed by atoms with E-state index >= 15 is 0 Å². The maximum Gasteiger partial charge on any atom is 0.0679 e. The second-order valence-electron chi connectivity index (χ2n) is 3.87. The highest BCUT2D eigenvalue weighted by Crippen LogP contribution is 2.27. The first-order valence-electron chi connectivity index (χ1n) is 5.25. The first kappa shape index (κ1) is 10.0. The lowest BCUT2D eigenvalue weighted by Crippen LogP contribution is -2.07. The molecule has 1 aliphatic carbocycles. The first-order valence-corrected chi connectivity index (χ1v) is 5.25. The number of hydrogen-bond donors (Lipinski definition) is 1. The Hall–Kier alpha value is -0.0800. The maximum atomic E-state index is 4.95. The Morgan fingerprint density at radius 1 is 1.08 bits per heavy atom. The Labute approximate surface area is 75.4 Å². The fourth-order valence-corrected chi connectivity index (χ4v) is 2.09. The van der Waals surface area contributed by atoms with Crippen molar-refractivity contribution in [2.24, 2.45) is 11.8 Å². The van der Waals surface area contributed by atoms with Crippen LogP contribution < -0.4 is 5.90 Å². The van der Waals surface area contributed by atoms with Crippen molar-refractivity contribution in [3.05, 3.63) is 0 Å². The molecule has 1 fully saturated rings. The molecule has 0 aromatic heterocycles. The molecule has 0 heterocycles. The quantitative estimate of drug-likeness (QED) is 0.510. The molecule has 0 saturated heterocycles. The molecular formula is C10H21NO. The molecule has 0 unspecified atom stereocenters. The minimum Gasteiger partial charge on any atom is -0.305 e. The van der Waals surface area contributed by atoms with E-state index in [1.165, 1.54) is 44.9 Å². The Bertz CT molecular complexity index is 100. The van der Waals surface area contributed by atoms with Crippen LogP contribution >= 0.6 is 0 Å². The summed E-state index contributed by atoms with van der Waals surface area (Å²) in [6.45, 7) is 0.729. The summed E-state index contributed by atoms with van der Waals surface area (Å²) in [6.07, 6.45) is 11.1. The number of hydrogen-bond acceptors (Lipinski definition) is 2. The van der Waals surface area contributed by atoms with Crippen LogP contribution in [0.1, 0.15) is 51.4 Å². The third kappa shape index (κ3) is 4.07. The molecule has 0 radical (unpaired) electrons. The van der Waals surface area contributed by atoms with Crippen molar-refractivity contribution in [3.8, 4) is 0 Å². The second kappa shape index (κ2) is 6.44. The van der Waals surface area contributed by atoms with Gasteiger partial charge in [-0.1, -0.05) is 44.9 Å². The fourth-order valence-electron chi connectivity index (χ4n) is 2.09. The highest BCUT2D eigenvalue weighted by Gasteiger charge is 2.12. The van der Waals surface area contributed by atoms with Crippen molar-refractivity contribution >= 4 is 0 Å². The van der Waals surface area contributed by atoms with Crippen molar-refractivity contribution in [3.63, 3.8) is 0 Å². The van der Waals surface area contributed by atoms with Gasteiger partial charge in [-0.3, -0.25) is 0 Å². The van der Waals surface area contributed by atoms with Crippen molar-refractivity contribution < 1.29 is 4.84 Å². The minimum atomic E-state index is 0.729. The predicted octanol–water partition coefficient (Wildman–Crippen LogP) is 2.63. The highest BCUT2D eigenvalue weighted by molar-refractivity contribution is 4.65. The molecule has 2 nitrogen and oxygen atoms in total. The van der Waals surface area contributed by atoms with E-state index in [0.29, 0.717) is 0 Å². The molecule has 1 aliphatic rings. The summed E-state index contributed by atoms with van der Waals surface area (Å²) < 4.78 is 0. The molecule has 0 bridgehead atoms. The zero-order valence-corrected chi connectivity index (χ0v) is 7.93. The summed E-state index contributed by atoms with van der Waals surface area (Å²) in [5.41, 5.74) is 0. The predicted molar refractivity (Wildman–Crippen MR) is 50.6 cm³/mol. The van der Waals surface area contributed by atoms with E-state index in [2.05, 4.69) is 4.84 Å². The zero-order chi connectivity index (χ0) is 8.65. The molecule has 2 N–H and O–H groups in total. The van der Waals surface area contributed by atoms with Crippen molar-refractivity contribution in [1.82, 2.24) is 0 Å². The Balaban J connectivity index is 1.91. The molecule has 1 rings (SSSR count). The lowest BCUT2D eigenvalue weighted by atomic mass is 9.86. The van der Waals surface area contributed by atoms with Gasteiger partial charge in [-0.2, -0.15) is 0 Å². The Morgan fingerprint density at radius 2 is 1.83 bits per heavy atom. The van der Waals surface area contributed by atoms with Gasteiger partial charge in [-0.25, -0.2) is 5.90 Å². The SMILES string of the molecule is NOCCCCC1CCCCC1. The molecule has 72 valence electrons. The van der Waals surface area contributed by atoms with Gasteiger partial charge in [0, 0.05) is 0 Å². The van der Waals surface area contributed by atoms with Crippen LogP contribution in [-0.4, -0.2) is 6.61 Å². The van der Waals surface area contributed by atoms with Gasteiger partial charge in [0.15, 0.2) is 0 Å². The molecule has 0 aliphatic heterocycles. The van der Waals surface area contributed by atoms with Gasteiger partial charge in [0.2, 0.25) is 0 Å². The van der Waals surface area contributed by atoms with E-state index in [1.54, 1.807) is 0 Å². The molecule has 0 amide bonds. The van der Waals surface area contributed by atoms with Crippen LogP contribution in [0.15, 0.2) is 0 Å². The van der Waals surface area contributed by atoms with Gasteiger partial charge >= 0.3 is 0 Å². The molecule has 0 aromatic carbocycles. The maximum absolute atomic E-state index is 4.95. The summed E-state index contributed by atoms with van der Waals surface area (Å²) >= 11 is 0. The van der Waals surface area contributed by atoms with E-state index in [0.717, 1.165) is 18.9 Å². The minimum absolute atomic E-state index is 0.729. The molecule has 12 heavy (non-hydrogen) atoms. The van der Waals surface area contributed by atoms with Crippen LogP contribution in [0.4, 0.5) is 0 Å². The molecule has 0 aromatic rings. The number of rotatable bonds is 5. The number of nitrogens with two attached hydrogens (primary N) is 1. The summed E-state index contributed by atoms with van der Waals surface area (Å²) in [5, 5.41) is 0. The van der Waals surface area contributed by atoms with Crippen LogP contribution in [0.25, 0.3) is 0 Å². The normalized spacial score (nSPS) is 19.8. The average Bonchev–Trinajstić information content (AvgIpc) is 2.14. The summed E-state index contributed by atoms with van der Waals surface area (Å²) in [4.78, 5) is 4.53. The summed E-state index contributed by atoms with van der Waals surface area (Å²) in [7, 11) is 0. The van der Waals surface area contributed by atoms with Crippen LogP contribution in [0, 0.1) is 5.92 Å². The largest absolute Gasteiger partial charge is 0.305 e. The average molecular weight is 171 g/mol. The van der Waals surface area contributed by atoms with Crippen molar-refractivity contribution in [2.45, 2.75) is 51.4 Å². The van der Waals surface area contributed by atoms with Crippen LogP contribution in [0.3, 0.4) is 0 Å². The van der Waals surface area contributed by atoms with Gasteiger partial charge in [0.05, 0.1) is 6.61 Å². The van der Waals surface area contributed by atoms with Crippen LogP contribution in [-0.2, 0) is 4.84 Å². The van der Waals surface area contributed by atoms with E-state index in [9.17, 15) is 0 Å². The van der Waals surface area contributed by atoms with Gasteiger partial charge < -0.3 is 4.84 Å². The third-order valence-electron chi connectivity index (χ3n) is 2.85. The summed E-state index contributed by atoms with van der Waals surface area (Å²) in [6, 6.07) is 0. The topological polar surface area (TPSA) is 35.2 Å². The molecule has 0 spiro atoms. The molecule has 1 saturated carbocycles. The van der Waals surface area contributed by atoms with E-state index in [-0.39, 0.29) is 0 Å². The standard InChI is InChI=1S/C10H21NO/c11-12-9-5-4-8-10-6-2-1-3-7-10/h10H,1-9,11H2. The lowest BCUT2D eigenvalue weighted by Gasteiger charge is -2.20. The monoisotopic (exact) mass is 171 g/mol. The van der Waals surface area contributed by atoms with Gasteiger partial charge in [-0.15, -0.1) is 0 Å². The Morgan fingerprint density at radius 3 is 2.50 bits per heavy atom. The highest BCUT2D eigenvalue weighted by atomic mass is 16.6. The first-order chi connectivity index (χ1) is 5.93. The molecular weight excluding hydrogens is 150 g/mol. The zero-order valence-electron chi connectivity index (χ0n) is 7.93. The van der Waals surface area contributed by atoms with E-state index in [4.69, 9.17) is 5.90 Å². The van der Waals surface area contributed by atoms with Gasteiger partial charge in [0.1, 0.15) is 0 Å². The lowest BCUT2D eigenvalue weighted by molar-refractivity contribution is 0.131.